The largest absolute Gasteiger partial charge is 0.456 e. The van der Waals surface area contributed by atoms with Crippen LogP contribution in [0.1, 0.15) is 0 Å². The minimum Gasteiger partial charge on any atom is -0.456 e. The van der Waals surface area contributed by atoms with E-state index in [2.05, 4.69) is 199 Å². The molecule has 13 rings (SSSR count). The van der Waals surface area contributed by atoms with Gasteiger partial charge >= 0.3 is 0 Å². The standard InChI is InChI=1S/C57H34N4O/c1-3-14-37-30-41(26-24-35(37)12-1)55-58-56(42-27-25-36-13-2-4-15-38(36)31-42)60-57(59-55)46-29-28-43(34-48(46)45-20-11-23-53-54(45)47-19-8-10-22-52(47)62-53)61-50-21-9-7-18-44(50)49-32-39-16-5-6-17-40(39)33-51(49)61/h1-34H. The van der Waals surface area contributed by atoms with Crippen molar-refractivity contribution in [1.29, 1.82) is 0 Å². The van der Waals surface area contributed by atoms with Crippen LogP contribution in [-0.4, -0.2) is 19.5 Å². The van der Waals surface area contributed by atoms with Crippen LogP contribution >= 0.6 is 0 Å². The molecule has 0 saturated heterocycles. The second-order valence-corrected chi connectivity index (χ2v) is 16.0. The molecular formula is C57H34N4O. The second kappa shape index (κ2) is 13.6. The lowest BCUT2D eigenvalue weighted by atomic mass is 9.94. The molecule has 0 radical (unpaired) electrons. The van der Waals surface area contributed by atoms with Crippen LogP contribution in [0.3, 0.4) is 0 Å². The van der Waals surface area contributed by atoms with Gasteiger partial charge in [-0.3, -0.25) is 0 Å². The molecule has 0 aliphatic rings. The number of hydrogen-bond acceptors (Lipinski definition) is 4. The molecule has 288 valence electrons. The highest BCUT2D eigenvalue weighted by Gasteiger charge is 2.22. The smallest absolute Gasteiger partial charge is 0.164 e. The first-order valence-electron chi connectivity index (χ1n) is 20.9. The average Bonchev–Trinajstić information content (AvgIpc) is 3.88. The van der Waals surface area contributed by atoms with Crippen LogP contribution in [0.25, 0.3) is 127 Å². The third-order valence-electron chi connectivity index (χ3n) is 12.4. The molecule has 5 heteroatoms. The summed E-state index contributed by atoms with van der Waals surface area (Å²) in [5, 5.41) is 11.5. The zero-order chi connectivity index (χ0) is 40.7. The number of para-hydroxylation sites is 2. The predicted octanol–water partition coefficient (Wildman–Crippen LogP) is 15.0. The summed E-state index contributed by atoms with van der Waals surface area (Å²) in [5.74, 6) is 1.81. The summed E-state index contributed by atoms with van der Waals surface area (Å²) in [6, 6.07) is 72.9. The number of rotatable bonds is 5. The quantitative estimate of drug-likeness (QED) is 0.174. The van der Waals surface area contributed by atoms with Crippen molar-refractivity contribution in [3.05, 3.63) is 206 Å². The highest BCUT2D eigenvalue weighted by atomic mass is 16.3. The average molecular weight is 791 g/mol. The van der Waals surface area contributed by atoms with Crippen LogP contribution in [0.5, 0.6) is 0 Å². The Labute approximate surface area is 355 Å². The van der Waals surface area contributed by atoms with Gasteiger partial charge in [-0.15, -0.1) is 0 Å². The van der Waals surface area contributed by atoms with Crippen molar-refractivity contribution in [2.45, 2.75) is 0 Å². The van der Waals surface area contributed by atoms with E-state index in [1.54, 1.807) is 0 Å². The van der Waals surface area contributed by atoms with Crippen LogP contribution < -0.4 is 0 Å². The summed E-state index contributed by atoms with van der Waals surface area (Å²) in [6.45, 7) is 0. The summed E-state index contributed by atoms with van der Waals surface area (Å²) in [7, 11) is 0. The van der Waals surface area contributed by atoms with Crippen LogP contribution in [0.4, 0.5) is 0 Å². The van der Waals surface area contributed by atoms with E-state index in [-0.39, 0.29) is 0 Å². The van der Waals surface area contributed by atoms with Gasteiger partial charge in [0.2, 0.25) is 0 Å². The zero-order valence-corrected chi connectivity index (χ0v) is 33.3. The summed E-state index contributed by atoms with van der Waals surface area (Å²) in [4.78, 5) is 15.9. The predicted molar refractivity (Wildman–Crippen MR) is 256 cm³/mol. The van der Waals surface area contributed by atoms with Gasteiger partial charge in [-0.25, -0.2) is 15.0 Å². The van der Waals surface area contributed by atoms with Gasteiger partial charge in [0, 0.05) is 43.9 Å². The minimum atomic E-state index is 0.589. The molecule has 3 aromatic heterocycles. The normalized spacial score (nSPS) is 11.9. The number of nitrogens with zero attached hydrogens (tertiary/aromatic N) is 4. The van der Waals surface area contributed by atoms with E-state index in [9.17, 15) is 0 Å². The maximum Gasteiger partial charge on any atom is 0.164 e. The fourth-order valence-electron chi connectivity index (χ4n) is 9.43. The highest BCUT2D eigenvalue weighted by Crippen LogP contribution is 2.43. The first kappa shape index (κ1) is 34.5. The van der Waals surface area contributed by atoms with E-state index in [4.69, 9.17) is 19.4 Å². The molecule has 3 heterocycles. The van der Waals surface area contributed by atoms with E-state index < -0.39 is 0 Å². The van der Waals surface area contributed by atoms with E-state index >= 15 is 0 Å². The van der Waals surface area contributed by atoms with Gasteiger partial charge in [-0.05, 0) is 104 Å². The summed E-state index contributed by atoms with van der Waals surface area (Å²) in [6.07, 6.45) is 0. The molecule has 62 heavy (non-hydrogen) atoms. The fourth-order valence-corrected chi connectivity index (χ4v) is 9.43. The topological polar surface area (TPSA) is 56.7 Å². The Morgan fingerprint density at radius 2 is 0.887 bits per heavy atom. The third kappa shape index (κ3) is 5.45. The lowest BCUT2D eigenvalue weighted by Gasteiger charge is -2.16. The minimum absolute atomic E-state index is 0.589. The molecular weight excluding hydrogens is 757 g/mol. The maximum atomic E-state index is 6.50. The van der Waals surface area contributed by atoms with E-state index in [1.807, 2.05) is 12.1 Å². The van der Waals surface area contributed by atoms with Crippen LogP contribution in [0.2, 0.25) is 0 Å². The molecule has 0 amide bonds. The molecule has 0 fully saturated rings. The maximum absolute atomic E-state index is 6.50. The molecule has 5 nitrogen and oxygen atoms in total. The summed E-state index contributed by atoms with van der Waals surface area (Å²) >= 11 is 0. The number of benzene rings is 10. The Morgan fingerprint density at radius 3 is 1.60 bits per heavy atom. The first-order valence-corrected chi connectivity index (χ1v) is 20.9. The van der Waals surface area contributed by atoms with Crippen molar-refractivity contribution in [3.63, 3.8) is 0 Å². The summed E-state index contributed by atoms with van der Waals surface area (Å²) < 4.78 is 8.89. The van der Waals surface area contributed by atoms with Crippen molar-refractivity contribution in [2.75, 3.05) is 0 Å². The van der Waals surface area contributed by atoms with Gasteiger partial charge < -0.3 is 8.98 Å². The number of aromatic nitrogens is 4. The lowest BCUT2D eigenvalue weighted by molar-refractivity contribution is 0.669. The van der Waals surface area contributed by atoms with Gasteiger partial charge in [0.25, 0.3) is 0 Å². The Kier molecular flexibility index (Phi) is 7.54. The molecule has 0 aliphatic heterocycles. The lowest BCUT2D eigenvalue weighted by Crippen LogP contribution is -2.02. The molecule has 13 aromatic rings. The van der Waals surface area contributed by atoms with Crippen molar-refractivity contribution >= 4 is 76.1 Å². The van der Waals surface area contributed by atoms with Crippen LogP contribution in [-0.2, 0) is 0 Å². The SMILES string of the molecule is c1ccc2cc(-c3nc(-c4ccc5ccccc5c4)nc(-c4ccc(-n5c6ccccc6c6cc7ccccc7cc65)cc4-c4cccc5oc6ccccc6c45)n3)ccc2c1. The van der Waals surface area contributed by atoms with Crippen LogP contribution in [0.15, 0.2) is 211 Å². The van der Waals surface area contributed by atoms with E-state index in [1.165, 1.54) is 21.5 Å². The van der Waals surface area contributed by atoms with E-state index in [0.717, 1.165) is 88.0 Å². The summed E-state index contributed by atoms with van der Waals surface area (Å²) in [5.41, 5.74) is 9.77. The molecule has 0 atom stereocenters. The first-order chi connectivity index (χ1) is 30.7. The van der Waals surface area contributed by atoms with Gasteiger partial charge in [0.1, 0.15) is 11.2 Å². The third-order valence-corrected chi connectivity index (χ3v) is 12.4. The van der Waals surface area contributed by atoms with Crippen molar-refractivity contribution in [1.82, 2.24) is 19.5 Å². The van der Waals surface area contributed by atoms with Crippen molar-refractivity contribution < 1.29 is 4.42 Å². The highest BCUT2D eigenvalue weighted by molar-refractivity contribution is 6.15. The Balaban J connectivity index is 1.11. The van der Waals surface area contributed by atoms with Gasteiger partial charge in [0.05, 0.1) is 11.0 Å². The van der Waals surface area contributed by atoms with Crippen molar-refractivity contribution in [2.24, 2.45) is 0 Å². The van der Waals surface area contributed by atoms with Gasteiger partial charge in [-0.2, -0.15) is 0 Å². The Hall–Kier alpha value is -8.41. The molecule has 0 bridgehead atoms. The van der Waals surface area contributed by atoms with Crippen molar-refractivity contribution in [3.8, 4) is 51.0 Å². The molecule has 0 unspecified atom stereocenters. The number of hydrogen-bond donors (Lipinski definition) is 0. The molecule has 0 N–H and O–H groups in total. The van der Waals surface area contributed by atoms with Gasteiger partial charge in [-0.1, -0.05) is 146 Å². The zero-order valence-electron chi connectivity index (χ0n) is 33.3. The molecule has 0 aliphatic carbocycles. The Bertz CT molecular complexity index is 3850. The molecule has 0 spiro atoms. The second-order valence-electron chi connectivity index (χ2n) is 16.0. The molecule has 10 aromatic carbocycles. The fraction of sp³-hybridized carbons (Fsp3) is 0. The molecule has 0 saturated carbocycles. The number of furan rings is 1. The van der Waals surface area contributed by atoms with Crippen LogP contribution in [0, 0.1) is 0 Å². The van der Waals surface area contributed by atoms with E-state index in [0.29, 0.717) is 17.5 Å². The number of fused-ring (bicyclic) bond motifs is 9. The van der Waals surface area contributed by atoms with Gasteiger partial charge in [0.15, 0.2) is 17.5 Å². The monoisotopic (exact) mass is 790 g/mol. The Morgan fingerprint density at radius 1 is 0.323 bits per heavy atom.